The van der Waals surface area contributed by atoms with Crippen molar-refractivity contribution in [3.63, 3.8) is 0 Å². The first-order valence-corrected chi connectivity index (χ1v) is 16.5. The summed E-state index contributed by atoms with van der Waals surface area (Å²) in [5.74, 6) is -4.49. The van der Waals surface area contributed by atoms with Gasteiger partial charge in [-0.2, -0.15) is 0 Å². The van der Waals surface area contributed by atoms with Crippen LogP contribution >= 0.6 is 0 Å². The normalized spacial score (nSPS) is 29.1. The van der Waals surface area contributed by atoms with Gasteiger partial charge in [-0.1, -0.05) is 45.2 Å². The van der Waals surface area contributed by atoms with Crippen molar-refractivity contribution in [2.45, 2.75) is 83.0 Å². The van der Waals surface area contributed by atoms with E-state index in [4.69, 9.17) is 10.5 Å². The molecule has 4 aliphatic rings. The Bertz CT molecular complexity index is 1790. The Balaban J connectivity index is 1.52. The first kappa shape index (κ1) is 33.7. The number of phenolic OH excluding ortho intramolecular Hbond substituents is 1. The molecule has 0 radical (unpaired) electrons. The molecule has 0 bridgehead atoms. The van der Waals surface area contributed by atoms with Crippen molar-refractivity contribution in [2.75, 3.05) is 21.2 Å². The molecule has 2 aromatic rings. The monoisotopic (exact) mass is 659 g/mol. The maximum atomic E-state index is 14.6. The van der Waals surface area contributed by atoms with Crippen LogP contribution < -0.4 is 15.8 Å². The lowest BCUT2D eigenvalue weighted by molar-refractivity contribution is -0.175. The number of fused-ring (bicyclic) bond motifs is 3. The van der Waals surface area contributed by atoms with E-state index in [-0.39, 0.29) is 29.7 Å². The molecular formula is C37H45N3O8. The highest BCUT2D eigenvalue weighted by atomic mass is 16.5. The van der Waals surface area contributed by atoms with Gasteiger partial charge in [0.2, 0.25) is 5.78 Å². The molecular weight excluding hydrogens is 614 g/mol. The summed E-state index contributed by atoms with van der Waals surface area (Å²) in [6.07, 6.45) is 6.07. The summed E-state index contributed by atoms with van der Waals surface area (Å²) in [7, 11) is 4.74. The second-order valence-electron chi connectivity index (χ2n) is 14.6. The number of aromatic hydroxyl groups is 1. The second kappa shape index (κ2) is 11.7. The van der Waals surface area contributed by atoms with Crippen molar-refractivity contribution in [3.05, 3.63) is 63.9 Å². The van der Waals surface area contributed by atoms with Gasteiger partial charge in [0.1, 0.15) is 28.6 Å². The fraction of sp³-hybridized carbons (Fsp3) is 0.486. The van der Waals surface area contributed by atoms with Crippen LogP contribution in [0.5, 0.6) is 11.5 Å². The number of carbonyl (C=O) groups is 3. The molecule has 11 nitrogen and oxygen atoms in total. The average Bonchev–Trinajstić information content (AvgIpc) is 3.02. The highest BCUT2D eigenvalue weighted by Crippen LogP contribution is 2.63. The SMILES string of the molecule is COc1ccc(CNC2CCCCC2)cc1-c1ccc(O)c2c1C[C@@]1(C)C[C@@]3(C)[C@H](N(C)C)C(=O)C(C(N)=O)=C(O)[C@@]3(O)C(=O)C1=C2O. The van der Waals surface area contributed by atoms with Crippen LogP contribution in [-0.2, 0) is 27.3 Å². The quantitative estimate of drug-likeness (QED) is 0.239. The van der Waals surface area contributed by atoms with Gasteiger partial charge in [-0.15, -0.1) is 0 Å². The van der Waals surface area contributed by atoms with E-state index in [1.54, 1.807) is 34.2 Å². The first-order valence-electron chi connectivity index (χ1n) is 16.5. The minimum absolute atomic E-state index is 0.0305. The third-order valence-electron chi connectivity index (χ3n) is 11.3. The molecule has 1 amide bonds. The van der Waals surface area contributed by atoms with Gasteiger partial charge >= 0.3 is 0 Å². The zero-order chi connectivity index (χ0) is 34.9. The summed E-state index contributed by atoms with van der Waals surface area (Å²) in [5, 5.41) is 50.3. The first-order chi connectivity index (χ1) is 22.6. The molecule has 6 rings (SSSR count). The van der Waals surface area contributed by atoms with Gasteiger partial charge in [0.25, 0.3) is 5.91 Å². The topological polar surface area (TPSA) is 183 Å². The third-order valence-corrected chi connectivity index (χ3v) is 11.3. The third kappa shape index (κ3) is 4.77. The molecule has 2 fully saturated rings. The van der Waals surface area contributed by atoms with Crippen LogP contribution in [0.15, 0.2) is 47.2 Å². The van der Waals surface area contributed by atoms with Gasteiger partial charge in [-0.3, -0.25) is 19.3 Å². The molecule has 0 spiro atoms. The molecule has 2 saturated carbocycles. The highest BCUT2D eigenvalue weighted by molar-refractivity contribution is 6.25. The molecule has 0 unspecified atom stereocenters. The Morgan fingerprint density at radius 2 is 1.73 bits per heavy atom. The maximum absolute atomic E-state index is 14.6. The highest BCUT2D eigenvalue weighted by Gasteiger charge is 2.72. The minimum Gasteiger partial charge on any atom is -0.508 e. The molecule has 2 aromatic carbocycles. The molecule has 0 aliphatic heterocycles. The number of nitrogens with zero attached hydrogens (tertiary/aromatic N) is 1. The Hall–Kier alpha value is -4.19. The van der Waals surface area contributed by atoms with Gasteiger partial charge in [-0.25, -0.2) is 0 Å². The van der Waals surface area contributed by atoms with E-state index in [1.165, 1.54) is 37.2 Å². The number of hydrogen-bond donors (Lipinski definition) is 6. The van der Waals surface area contributed by atoms with Crippen molar-refractivity contribution in [1.82, 2.24) is 10.2 Å². The lowest BCUT2D eigenvalue weighted by Gasteiger charge is -2.59. The number of methoxy groups -OCH3 is 1. The smallest absolute Gasteiger partial charge is 0.255 e. The number of Topliss-reactive ketones (excluding diaryl/α,β-unsaturated/α-hetero) is 2. The summed E-state index contributed by atoms with van der Waals surface area (Å²) in [5.41, 5.74) is 1.90. The fourth-order valence-electron chi connectivity index (χ4n) is 9.22. The fourth-order valence-corrected chi connectivity index (χ4v) is 9.22. The zero-order valence-electron chi connectivity index (χ0n) is 28.1. The van der Waals surface area contributed by atoms with E-state index in [0.717, 1.165) is 24.0 Å². The lowest BCUT2D eigenvalue weighted by Crippen LogP contribution is -2.72. The molecule has 4 aliphatic carbocycles. The molecule has 0 heterocycles. The van der Waals surface area contributed by atoms with Gasteiger partial charge in [0, 0.05) is 34.6 Å². The van der Waals surface area contributed by atoms with E-state index < -0.39 is 57.0 Å². The van der Waals surface area contributed by atoms with Crippen LogP contribution in [0.25, 0.3) is 16.9 Å². The van der Waals surface area contributed by atoms with Crippen molar-refractivity contribution in [2.24, 2.45) is 16.6 Å². The van der Waals surface area contributed by atoms with Crippen molar-refractivity contribution in [1.29, 1.82) is 0 Å². The molecule has 0 saturated heterocycles. The van der Waals surface area contributed by atoms with Crippen LogP contribution in [0.3, 0.4) is 0 Å². The van der Waals surface area contributed by atoms with Crippen molar-refractivity contribution < 1.29 is 39.5 Å². The Labute approximate surface area is 280 Å². The maximum Gasteiger partial charge on any atom is 0.255 e. The molecule has 11 heteroatoms. The van der Waals surface area contributed by atoms with Crippen LogP contribution in [0.4, 0.5) is 0 Å². The Morgan fingerprint density at radius 3 is 2.35 bits per heavy atom. The van der Waals surface area contributed by atoms with Gasteiger partial charge in [0.15, 0.2) is 11.4 Å². The number of aliphatic hydroxyl groups is 3. The van der Waals surface area contributed by atoms with Crippen LogP contribution in [0, 0.1) is 10.8 Å². The average molecular weight is 660 g/mol. The molecule has 0 aromatic heterocycles. The standard InChI is InChI=1S/C37H45N3O8/c1-35-16-23-21(22-15-19(11-14-25(22)48-5)17-39-20-9-7-6-8-10-20)12-13-24(41)26(23)29(42)28(35)33(45)37(47)32(44)27(34(38)46)30(43)31(40(3)4)36(37,2)18-35/h11-15,20,31,39,41-42,44,47H,6-10,16-18H2,1-5H3,(H2,38,46)/t31-,35+,36+,37-/m1/s1. The predicted molar refractivity (Wildman–Crippen MR) is 179 cm³/mol. The lowest BCUT2D eigenvalue weighted by atomic mass is 9.46. The molecule has 48 heavy (non-hydrogen) atoms. The largest absolute Gasteiger partial charge is 0.508 e. The van der Waals surface area contributed by atoms with E-state index in [9.17, 15) is 34.8 Å². The molecule has 4 atom stereocenters. The number of likely N-dealkylation sites (N-methyl/N-ethyl adjacent to an activating group) is 1. The number of primary amides is 1. The number of rotatable bonds is 7. The van der Waals surface area contributed by atoms with Crippen LogP contribution in [0.2, 0.25) is 0 Å². The second-order valence-corrected chi connectivity index (χ2v) is 14.6. The van der Waals surface area contributed by atoms with Gasteiger partial charge < -0.3 is 36.2 Å². The van der Waals surface area contributed by atoms with Crippen LogP contribution in [-0.4, -0.2) is 81.7 Å². The van der Waals surface area contributed by atoms with E-state index in [1.807, 2.05) is 18.2 Å². The molecule has 7 N–H and O–H groups in total. The van der Waals surface area contributed by atoms with E-state index in [0.29, 0.717) is 29.5 Å². The van der Waals surface area contributed by atoms with Gasteiger partial charge in [-0.05, 0) is 74.7 Å². The number of nitrogens with one attached hydrogen (secondary N) is 1. The van der Waals surface area contributed by atoms with Crippen molar-refractivity contribution in [3.8, 4) is 22.6 Å². The summed E-state index contributed by atoms with van der Waals surface area (Å²) >= 11 is 0. The number of amides is 1. The summed E-state index contributed by atoms with van der Waals surface area (Å²) < 4.78 is 5.78. The van der Waals surface area contributed by atoms with Crippen LogP contribution in [0.1, 0.15) is 69.1 Å². The number of nitrogens with two attached hydrogens (primary N) is 1. The Morgan fingerprint density at radius 1 is 1.04 bits per heavy atom. The summed E-state index contributed by atoms with van der Waals surface area (Å²) in [4.78, 5) is 42.2. The number of hydrogen-bond acceptors (Lipinski definition) is 10. The number of aliphatic hydroxyl groups excluding tert-OH is 2. The number of carbonyl (C=O) groups excluding carboxylic acids is 3. The predicted octanol–water partition coefficient (Wildman–Crippen LogP) is 3.84. The number of ether oxygens (including phenoxy) is 1. The van der Waals surface area contributed by atoms with Gasteiger partial charge in [0.05, 0.1) is 18.7 Å². The van der Waals surface area contributed by atoms with E-state index in [2.05, 4.69) is 5.32 Å². The minimum atomic E-state index is -2.77. The zero-order valence-corrected chi connectivity index (χ0v) is 28.1. The number of benzene rings is 2. The number of ketones is 2. The Kier molecular flexibility index (Phi) is 8.25. The van der Waals surface area contributed by atoms with Crippen molar-refractivity contribution >= 4 is 23.2 Å². The molecule has 256 valence electrons. The summed E-state index contributed by atoms with van der Waals surface area (Å²) in [6.45, 7) is 3.96. The summed E-state index contributed by atoms with van der Waals surface area (Å²) in [6, 6.07) is 8.37. The number of phenols is 1. The van der Waals surface area contributed by atoms with E-state index >= 15 is 0 Å².